The molecule has 1 aliphatic heterocycles. The van der Waals surface area contributed by atoms with E-state index in [1.165, 1.54) is 23.4 Å². The predicted molar refractivity (Wildman–Crippen MR) is 102 cm³/mol. The number of amides is 2. The van der Waals surface area contributed by atoms with E-state index < -0.39 is 0 Å². The minimum absolute atomic E-state index is 0.212. The maximum absolute atomic E-state index is 12.0. The predicted octanol–water partition coefficient (Wildman–Crippen LogP) is 3.37. The summed E-state index contributed by atoms with van der Waals surface area (Å²) in [6.07, 6.45) is 3.78. The Morgan fingerprint density at radius 2 is 1.85 bits per heavy atom. The van der Waals surface area contributed by atoms with E-state index in [4.69, 9.17) is 4.74 Å². The SMILES string of the molecule is CNC(=O)COC(=O)N1CCC(CCc2cccc3ccccc23)CC1. The quantitative estimate of drug-likeness (QED) is 0.896. The fraction of sp³-hybridized carbons (Fsp3) is 0.429. The van der Waals surface area contributed by atoms with Crippen LogP contribution in [0.1, 0.15) is 24.8 Å². The van der Waals surface area contributed by atoms with Crippen LogP contribution >= 0.6 is 0 Å². The molecule has 2 amide bonds. The zero-order valence-corrected chi connectivity index (χ0v) is 15.2. The molecular weight excluding hydrogens is 328 g/mol. The van der Waals surface area contributed by atoms with Gasteiger partial charge in [-0.25, -0.2) is 4.79 Å². The number of carbonyl (C=O) groups is 2. The monoisotopic (exact) mass is 354 g/mol. The third-order valence-electron chi connectivity index (χ3n) is 5.18. The van der Waals surface area contributed by atoms with E-state index >= 15 is 0 Å². The molecule has 1 fully saturated rings. The Morgan fingerprint density at radius 3 is 2.62 bits per heavy atom. The van der Waals surface area contributed by atoms with E-state index in [-0.39, 0.29) is 18.6 Å². The van der Waals surface area contributed by atoms with Crippen LogP contribution in [0.25, 0.3) is 10.8 Å². The molecule has 0 bridgehead atoms. The minimum Gasteiger partial charge on any atom is -0.439 e. The first kappa shape index (κ1) is 18.2. The van der Waals surface area contributed by atoms with Crippen LogP contribution in [-0.2, 0) is 16.0 Å². The summed E-state index contributed by atoms with van der Waals surface area (Å²) in [4.78, 5) is 24.8. The first-order valence-electron chi connectivity index (χ1n) is 9.26. The van der Waals surface area contributed by atoms with Crippen LogP contribution < -0.4 is 5.32 Å². The van der Waals surface area contributed by atoms with Gasteiger partial charge in [-0.2, -0.15) is 0 Å². The van der Waals surface area contributed by atoms with E-state index in [0.29, 0.717) is 19.0 Å². The van der Waals surface area contributed by atoms with E-state index in [9.17, 15) is 9.59 Å². The summed E-state index contributed by atoms with van der Waals surface area (Å²) in [6.45, 7) is 1.19. The summed E-state index contributed by atoms with van der Waals surface area (Å²) in [6, 6.07) is 15.0. The Bertz CT molecular complexity index is 761. The number of benzene rings is 2. The van der Waals surface area contributed by atoms with Gasteiger partial charge in [0.25, 0.3) is 5.91 Å². The summed E-state index contributed by atoms with van der Waals surface area (Å²) < 4.78 is 5.02. The fourth-order valence-electron chi connectivity index (χ4n) is 3.57. The second-order valence-corrected chi connectivity index (χ2v) is 6.84. The Kier molecular flexibility index (Phi) is 6.10. The Balaban J connectivity index is 1.47. The molecule has 0 saturated carbocycles. The Morgan fingerprint density at radius 1 is 1.12 bits per heavy atom. The molecular formula is C21H26N2O3. The lowest BCUT2D eigenvalue weighted by molar-refractivity contribution is -0.123. The molecule has 138 valence electrons. The van der Waals surface area contributed by atoms with Crippen molar-refractivity contribution in [2.45, 2.75) is 25.7 Å². The summed E-state index contributed by atoms with van der Waals surface area (Å²) in [5, 5.41) is 5.07. The minimum atomic E-state index is -0.388. The number of rotatable bonds is 5. The van der Waals surface area contributed by atoms with Crippen molar-refractivity contribution in [2.24, 2.45) is 5.92 Å². The van der Waals surface area contributed by atoms with Crippen molar-refractivity contribution in [3.05, 3.63) is 48.0 Å². The number of aryl methyl sites for hydroxylation is 1. The highest BCUT2D eigenvalue weighted by Crippen LogP contribution is 2.25. The lowest BCUT2D eigenvalue weighted by Crippen LogP contribution is -2.40. The Hall–Kier alpha value is -2.56. The van der Waals surface area contributed by atoms with Gasteiger partial charge in [0.15, 0.2) is 6.61 Å². The van der Waals surface area contributed by atoms with E-state index in [2.05, 4.69) is 47.8 Å². The van der Waals surface area contributed by atoms with Gasteiger partial charge in [-0.3, -0.25) is 4.79 Å². The van der Waals surface area contributed by atoms with Crippen LogP contribution in [0, 0.1) is 5.92 Å². The second kappa shape index (κ2) is 8.70. The molecule has 3 rings (SSSR count). The van der Waals surface area contributed by atoms with Crippen molar-refractivity contribution in [1.29, 1.82) is 0 Å². The number of nitrogens with one attached hydrogen (secondary N) is 1. The third kappa shape index (κ3) is 4.54. The normalized spacial score (nSPS) is 15.0. The molecule has 26 heavy (non-hydrogen) atoms. The molecule has 1 heterocycles. The molecule has 1 aliphatic rings. The van der Waals surface area contributed by atoms with Crippen molar-refractivity contribution < 1.29 is 14.3 Å². The third-order valence-corrected chi connectivity index (χ3v) is 5.18. The highest BCUT2D eigenvalue weighted by Gasteiger charge is 2.24. The van der Waals surface area contributed by atoms with Crippen LogP contribution in [0.15, 0.2) is 42.5 Å². The summed E-state index contributed by atoms with van der Waals surface area (Å²) in [5.74, 6) is 0.334. The molecule has 2 aromatic carbocycles. The summed E-state index contributed by atoms with van der Waals surface area (Å²) >= 11 is 0. The lowest BCUT2D eigenvalue weighted by Gasteiger charge is -2.31. The smallest absolute Gasteiger partial charge is 0.410 e. The Labute approximate surface area is 154 Å². The number of ether oxygens (including phenoxy) is 1. The van der Waals surface area contributed by atoms with Gasteiger partial charge in [0, 0.05) is 20.1 Å². The van der Waals surface area contributed by atoms with Crippen molar-refractivity contribution >= 4 is 22.8 Å². The number of carbonyl (C=O) groups excluding carboxylic acids is 2. The van der Waals surface area contributed by atoms with Crippen LogP contribution in [-0.4, -0.2) is 43.6 Å². The van der Waals surface area contributed by atoms with Gasteiger partial charge in [0.05, 0.1) is 0 Å². The number of nitrogens with zero attached hydrogens (tertiary/aromatic N) is 1. The average Bonchev–Trinajstić information content (AvgIpc) is 2.70. The second-order valence-electron chi connectivity index (χ2n) is 6.84. The van der Waals surface area contributed by atoms with Gasteiger partial charge in [-0.05, 0) is 47.9 Å². The average molecular weight is 354 g/mol. The maximum Gasteiger partial charge on any atom is 0.410 e. The molecule has 5 nitrogen and oxygen atoms in total. The van der Waals surface area contributed by atoms with E-state index in [1.807, 2.05) is 0 Å². The van der Waals surface area contributed by atoms with Gasteiger partial charge >= 0.3 is 6.09 Å². The van der Waals surface area contributed by atoms with Crippen LogP contribution in [0.4, 0.5) is 4.79 Å². The molecule has 2 aromatic rings. The zero-order valence-electron chi connectivity index (χ0n) is 15.2. The van der Waals surface area contributed by atoms with Crippen LogP contribution in [0.5, 0.6) is 0 Å². The number of piperidine rings is 1. The van der Waals surface area contributed by atoms with Gasteiger partial charge in [0.1, 0.15) is 0 Å². The van der Waals surface area contributed by atoms with Gasteiger partial charge in [-0.1, -0.05) is 42.5 Å². The van der Waals surface area contributed by atoms with Crippen molar-refractivity contribution in [1.82, 2.24) is 10.2 Å². The van der Waals surface area contributed by atoms with Crippen molar-refractivity contribution in [3.63, 3.8) is 0 Å². The molecule has 1 saturated heterocycles. The largest absolute Gasteiger partial charge is 0.439 e. The molecule has 0 aliphatic carbocycles. The molecule has 5 heteroatoms. The van der Waals surface area contributed by atoms with E-state index in [0.717, 1.165) is 25.7 Å². The summed E-state index contributed by atoms with van der Waals surface area (Å²) in [7, 11) is 1.53. The fourth-order valence-corrected chi connectivity index (χ4v) is 3.57. The molecule has 0 radical (unpaired) electrons. The number of likely N-dealkylation sites (N-methyl/N-ethyl adjacent to an activating group) is 1. The summed E-state index contributed by atoms with van der Waals surface area (Å²) in [5.41, 5.74) is 1.40. The maximum atomic E-state index is 12.0. The van der Waals surface area contributed by atoms with Gasteiger partial charge < -0.3 is 15.0 Å². The molecule has 0 unspecified atom stereocenters. The number of hydrogen-bond acceptors (Lipinski definition) is 3. The van der Waals surface area contributed by atoms with E-state index in [1.54, 1.807) is 4.90 Å². The zero-order chi connectivity index (χ0) is 18.4. The molecule has 0 atom stereocenters. The molecule has 0 spiro atoms. The first-order chi connectivity index (χ1) is 12.7. The molecule has 1 N–H and O–H groups in total. The van der Waals surface area contributed by atoms with Crippen molar-refractivity contribution in [3.8, 4) is 0 Å². The first-order valence-corrected chi connectivity index (χ1v) is 9.26. The highest BCUT2D eigenvalue weighted by atomic mass is 16.6. The number of likely N-dealkylation sites (tertiary alicyclic amines) is 1. The highest BCUT2D eigenvalue weighted by molar-refractivity contribution is 5.85. The van der Waals surface area contributed by atoms with Crippen LogP contribution in [0.2, 0.25) is 0 Å². The van der Waals surface area contributed by atoms with Crippen LogP contribution in [0.3, 0.4) is 0 Å². The number of hydrogen-bond donors (Lipinski definition) is 1. The lowest BCUT2D eigenvalue weighted by atomic mass is 9.89. The van der Waals surface area contributed by atoms with Gasteiger partial charge in [-0.15, -0.1) is 0 Å². The molecule has 0 aromatic heterocycles. The van der Waals surface area contributed by atoms with Crippen molar-refractivity contribution in [2.75, 3.05) is 26.7 Å². The topological polar surface area (TPSA) is 58.6 Å². The standard InChI is InChI=1S/C21H26N2O3/c1-22-20(24)15-26-21(25)23-13-11-16(12-14-23)9-10-18-7-4-6-17-5-2-3-8-19(17)18/h2-8,16H,9-15H2,1H3,(H,22,24). The number of fused-ring (bicyclic) bond motifs is 1. The van der Waals surface area contributed by atoms with Gasteiger partial charge in [0.2, 0.25) is 0 Å².